The van der Waals surface area contributed by atoms with Gasteiger partial charge >= 0.3 is 5.91 Å². The Morgan fingerprint density at radius 2 is 1.66 bits per heavy atom. The van der Waals surface area contributed by atoms with E-state index in [1.165, 1.54) is 17.4 Å². The van der Waals surface area contributed by atoms with Crippen LogP contribution in [0, 0.1) is 0 Å². The van der Waals surface area contributed by atoms with Gasteiger partial charge in [-0.15, -0.1) is 0 Å². The van der Waals surface area contributed by atoms with E-state index in [1.807, 2.05) is 54.0 Å². The van der Waals surface area contributed by atoms with Gasteiger partial charge in [0.1, 0.15) is 6.04 Å². The van der Waals surface area contributed by atoms with Crippen LogP contribution in [0.25, 0.3) is 17.1 Å². The zero-order chi connectivity index (χ0) is 29.2. The number of rotatable bonds is 13. The maximum absolute atomic E-state index is 13.5. The molecule has 212 valence electrons. The van der Waals surface area contributed by atoms with Crippen LogP contribution < -0.4 is 10.8 Å². The molecule has 0 saturated heterocycles. The van der Waals surface area contributed by atoms with Crippen molar-refractivity contribution in [2.45, 2.75) is 32.9 Å². The maximum atomic E-state index is 13.5. The number of amides is 2. The number of carbonyl (C=O) groups is 3. The number of Topliss-reactive ketones (excluding diaryl/α,β-unsaturated/α-hetero) is 1. The second-order valence-electron chi connectivity index (χ2n) is 9.39. The van der Waals surface area contributed by atoms with E-state index in [9.17, 15) is 14.4 Å². The average molecular weight is 555 g/mol. The van der Waals surface area contributed by atoms with Crippen LogP contribution in [-0.2, 0) is 27.4 Å². The van der Waals surface area contributed by atoms with Crippen LogP contribution in [0.4, 0.5) is 0 Å². The summed E-state index contributed by atoms with van der Waals surface area (Å²) in [4.78, 5) is 50.0. The number of aromatic nitrogens is 3. The highest BCUT2D eigenvalue weighted by molar-refractivity contribution is 6.38. The van der Waals surface area contributed by atoms with Crippen molar-refractivity contribution in [3.8, 4) is 17.1 Å². The summed E-state index contributed by atoms with van der Waals surface area (Å²) in [7, 11) is 1.23. The predicted molar refractivity (Wildman–Crippen MR) is 155 cm³/mol. The Bertz CT molecular complexity index is 1470. The van der Waals surface area contributed by atoms with Crippen molar-refractivity contribution in [3.05, 3.63) is 102 Å². The molecular weight excluding hydrogens is 520 g/mol. The minimum absolute atomic E-state index is 0.119. The number of nitrogens with zero attached hydrogens (tertiary/aromatic N) is 4. The van der Waals surface area contributed by atoms with E-state index in [2.05, 4.69) is 51.1 Å². The van der Waals surface area contributed by atoms with Crippen LogP contribution in [0.5, 0.6) is 0 Å². The zero-order valence-corrected chi connectivity index (χ0v) is 23.4. The Morgan fingerprint density at radius 1 is 0.927 bits per heavy atom. The number of hydroxylamine groups is 1. The maximum Gasteiger partial charge on any atom is 0.313 e. The van der Waals surface area contributed by atoms with Gasteiger partial charge in [0, 0.05) is 30.9 Å². The summed E-state index contributed by atoms with van der Waals surface area (Å²) in [6.45, 7) is 7.16. The number of ketones is 1. The highest BCUT2D eigenvalue weighted by Crippen LogP contribution is 2.21. The van der Waals surface area contributed by atoms with E-state index in [1.54, 1.807) is 24.5 Å². The van der Waals surface area contributed by atoms with Gasteiger partial charge in [0.05, 0.1) is 18.4 Å². The second kappa shape index (κ2) is 14.1. The first kappa shape index (κ1) is 29.3. The van der Waals surface area contributed by atoms with E-state index in [0.29, 0.717) is 5.82 Å². The highest BCUT2D eigenvalue weighted by atomic mass is 16.6. The minimum atomic E-state index is -1.13. The molecule has 0 saturated carbocycles. The summed E-state index contributed by atoms with van der Waals surface area (Å²) < 4.78 is 1.53. The third kappa shape index (κ3) is 7.50. The summed E-state index contributed by atoms with van der Waals surface area (Å²) in [5.74, 6) is -2.06. The lowest BCUT2D eigenvalue weighted by atomic mass is 10.0. The van der Waals surface area contributed by atoms with Crippen molar-refractivity contribution in [3.63, 3.8) is 0 Å². The summed E-state index contributed by atoms with van der Waals surface area (Å²) in [5.41, 5.74) is 5.90. The Kier molecular flexibility index (Phi) is 10.1. The lowest BCUT2D eigenvalue weighted by Gasteiger charge is -2.18. The standard InChI is InChI=1S/C31H34N6O4/c1-4-36(5-2)21-23-13-15-24(16-14-23)26-17-19-37(34-26)29-25(12-9-18-32-29)30(39)33-27(28(38)31(40)35-41-3)20-22-10-7-6-8-11-22/h6-19,27H,4-5,20-21H2,1-3H3,(H,33,39)(H,35,40). The Balaban J connectivity index is 1.55. The smallest absolute Gasteiger partial charge is 0.313 e. The van der Waals surface area contributed by atoms with Crippen molar-refractivity contribution in [2.75, 3.05) is 20.2 Å². The summed E-state index contributed by atoms with van der Waals surface area (Å²) in [5, 5.41) is 7.38. The molecule has 0 radical (unpaired) electrons. The van der Waals surface area contributed by atoms with Gasteiger partial charge in [-0.25, -0.2) is 15.1 Å². The van der Waals surface area contributed by atoms with Crippen LogP contribution in [-0.4, -0.2) is 63.5 Å². The molecular formula is C31H34N6O4. The van der Waals surface area contributed by atoms with E-state index in [-0.39, 0.29) is 12.0 Å². The third-order valence-electron chi connectivity index (χ3n) is 6.71. The Hall–Kier alpha value is -4.67. The molecule has 0 spiro atoms. The molecule has 2 aromatic carbocycles. The molecule has 1 unspecified atom stereocenters. The molecule has 0 fully saturated rings. The van der Waals surface area contributed by atoms with E-state index in [4.69, 9.17) is 0 Å². The largest absolute Gasteiger partial charge is 0.341 e. The van der Waals surface area contributed by atoms with Crippen molar-refractivity contribution in [2.24, 2.45) is 0 Å². The van der Waals surface area contributed by atoms with E-state index >= 15 is 0 Å². The quantitative estimate of drug-likeness (QED) is 0.192. The lowest BCUT2D eigenvalue weighted by molar-refractivity contribution is -0.145. The van der Waals surface area contributed by atoms with Crippen LogP contribution in [0.3, 0.4) is 0 Å². The second-order valence-corrected chi connectivity index (χ2v) is 9.39. The van der Waals surface area contributed by atoms with Gasteiger partial charge < -0.3 is 5.32 Å². The minimum Gasteiger partial charge on any atom is -0.341 e. The number of hydrogen-bond donors (Lipinski definition) is 2. The van der Waals surface area contributed by atoms with Gasteiger partial charge in [-0.2, -0.15) is 5.10 Å². The van der Waals surface area contributed by atoms with Crippen LogP contribution >= 0.6 is 0 Å². The number of benzene rings is 2. The molecule has 10 heteroatoms. The summed E-state index contributed by atoms with van der Waals surface area (Å²) in [6, 6.07) is 21.3. The highest BCUT2D eigenvalue weighted by Gasteiger charge is 2.29. The molecule has 0 aliphatic carbocycles. The number of hydrogen-bond acceptors (Lipinski definition) is 7. The molecule has 10 nitrogen and oxygen atoms in total. The normalized spacial score (nSPS) is 11.7. The first-order chi connectivity index (χ1) is 19.9. The predicted octanol–water partition coefficient (Wildman–Crippen LogP) is 3.36. The number of nitrogens with one attached hydrogen (secondary N) is 2. The first-order valence-corrected chi connectivity index (χ1v) is 13.5. The van der Waals surface area contributed by atoms with E-state index < -0.39 is 23.6 Å². The molecule has 0 aliphatic rings. The van der Waals surface area contributed by atoms with E-state index in [0.717, 1.165) is 36.5 Å². The molecule has 0 bridgehead atoms. The van der Waals surface area contributed by atoms with Gasteiger partial charge in [-0.05, 0) is 42.4 Å². The van der Waals surface area contributed by atoms with Gasteiger partial charge in [-0.1, -0.05) is 68.4 Å². The van der Waals surface area contributed by atoms with Gasteiger partial charge in [-0.3, -0.25) is 24.1 Å². The van der Waals surface area contributed by atoms with Gasteiger partial charge in [0.2, 0.25) is 5.78 Å². The molecule has 2 N–H and O–H groups in total. The molecule has 2 amide bonds. The average Bonchev–Trinajstić information content (AvgIpc) is 3.50. The van der Waals surface area contributed by atoms with Crippen LogP contribution in [0.2, 0.25) is 0 Å². The third-order valence-corrected chi connectivity index (χ3v) is 6.71. The zero-order valence-electron chi connectivity index (χ0n) is 23.4. The fourth-order valence-corrected chi connectivity index (χ4v) is 4.44. The van der Waals surface area contributed by atoms with Crippen LogP contribution in [0.1, 0.15) is 35.3 Å². The molecule has 1 atom stereocenters. The number of carbonyl (C=O) groups excluding carboxylic acids is 3. The first-order valence-electron chi connectivity index (χ1n) is 13.5. The summed E-state index contributed by atoms with van der Waals surface area (Å²) >= 11 is 0. The molecule has 2 aromatic heterocycles. The van der Waals surface area contributed by atoms with Crippen molar-refractivity contribution < 1.29 is 19.2 Å². The van der Waals surface area contributed by atoms with Crippen LogP contribution in [0.15, 0.2) is 85.2 Å². The monoisotopic (exact) mass is 554 g/mol. The van der Waals surface area contributed by atoms with Crippen molar-refractivity contribution in [1.82, 2.24) is 30.5 Å². The molecule has 4 rings (SSSR count). The fourth-order valence-electron chi connectivity index (χ4n) is 4.44. The van der Waals surface area contributed by atoms with Gasteiger partial charge in [0.15, 0.2) is 5.82 Å². The fraction of sp³-hybridized carbons (Fsp3) is 0.258. The topological polar surface area (TPSA) is 118 Å². The van der Waals surface area contributed by atoms with Crippen molar-refractivity contribution >= 4 is 17.6 Å². The number of pyridine rings is 1. The summed E-state index contributed by atoms with van der Waals surface area (Å²) in [6.07, 6.45) is 3.42. The Labute approximate surface area is 239 Å². The molecule has 0 aliphatic heterocycles. The lowest BCUT2D eigenvalue weighted by Crippen LogP contribution is -2.48. The Morgan fingerprint density at radius 3 is 2.34 bits per heavy atom. The van der Waals surface area contributed by atoms with Gasteiger partial charge in [0.25, 0.3) is 5.91 Å². The molecule has 41 heavy (non-hydrogen) atoms. The van der Waals surface area contributed by atoms with Crippen molar-refractivity contribution in [1.29, 1.82) is 0 Å². The molecule has 4 aromatic rings. The SMILES string of the molecule is CCN(CC)Cc1ccc(-c2ccn(-c3ncccc3C(=O)NC(Cc3ccccc3)C(=O)C(=O)NOC)n2)cc1. The molecule has 2 heterocycles.